The van der Waals surface area contributed by atoms with E-state index < -0.39 is 0 Å². The number of likely N-dealkylation sites (tertiary alicyclic amines) is 1. The number of hydrogen-bond acceptors (Lipinski definition) is 3. The minimum Gasteiger partial charge on any atom is -0.306 e. The fourth-order valence-corrected chi connectivity index (χ4v) is 5.94. The molecule has 4 aliphatic rings. The average molecular weight is 345 g/mol. The Hall–Kier alpha value is -2.33. The lowest BCUT2D eigenvalue weighted by Crippen LogP contribution is -2.52. The summed E-state index contributed by atoms with van der Waals surface area (Å²) in [6.07, 6.45) is 2.24. The van der Waals surface area contributed by atoms with Crippen molar-refractivity contribution in [1.82, 2.24) is 9.91 Å². The Morgan fingerprint density at radius 2 is 1.58 bits per heavy atom. The predicted octanol–water partition coefficient (Wildman–Crippen LogP) is 3.45. The number of hydrazine groups is 1. The third-order valence-corrected chi connectivity index (χ3v) is 7.36. The van der Waals surface area contributed by atoms with Crippen LogP contribution in [0, 0.1) is 5.41 Å². The molecule has 132 valence electrons. The topological polar surface area (TPSA) is 26.3 Å². The highest BCUT2D eigenvalue weighted by Gasteiger charge is 2.81. The van der Waals surface area contributed by atoms with Gasteiger partial charge in [0, 0.05) is 11.0 Å². The molecule has 2 saturated heterocycles. The second-order valence-electron chi connectivity index (χ2n) is 8.60. The van der Waals surface area contributed by atoms with Crippen molar-refractivity contribution in [2.45, 2.75) is 31.3 Å². The number of amides is 1. The molecule has 0 radical (unpaired) electrons. The number of carbonyl (C=O) groups is 1. The lowest BCUT2D eigenvalue weighted by atomic mass is 9.63. The average Bonchev–Trinajstić information content (AvgIpc) is 3.28. The first kappa shape index (κ1) is 14.8. The standard InChI is InChI=1S/C22H23N3O/c1-21(11-13-23(2)14-12-21)22-19-15-7-3-4-8-16(15)20(26)25(22)24(22)18-10-6-5-9-17(18)19/h3-10,19H,11-14H2,1-2H3/t19-,22+,24?,25?/m0/s1. The number of rotatable bonds is 1. The van der Waals surface area contributed by atoms with Crippen molar-refractivity contribution in [2.24, 2.45) is 5.41 Å². The molecule has 26 heavy (non-hydrogen) atoms. The lowest BCUT2D eigenvalue weighted by molar-refractivity contribution is 0.0501. The highest BCUT2D eigenvalue weighted by molar-refractivity contribution is 6.05. The molecule has 6 rings (SSSR count). The number of carbonyl (C=O) groups excluding carboxylic acids is 1. The maximum Gasteiger partial charge on any atom is 0.275 e. The summed E-state index contributed by atoms with van der Waals surface area (Å²) in [6, 6.07) is 16.9. The quantitative estimate of drug-likeness (QED) is 0.741. The molecule has 2 aromatic carbocycles. The van der Waals surface area contributed by atoms with Crippen LogP contribution in [-0.2, 0) is 0 Å². The lowest BCUT2D eigenvalue weighted by Gasteiger charge is -2.45. The fourth-order valence-electron chi connectivity index (χ4n) is 5.94. The van der Waals surface area contributed by atoms with Crippen LogP contribution in [0.5, 0.6) is 0 Å². The van der Waals surface area contributed by atoms with Crippen LogP contribution in [0.4, 0.5) is 5.69 Å². The smallest absolute Gasteiger partial charge is 0.275 e. The Kier molecular flexibility index (Phi) is 2.56. The van der Waals surface area contributed by atoms with Crippen LogP contribution in [0.3, 0.4) is 0 Å². The molecule has 0 bridgehead atoms. The van der Waals surface area contributed by atoms with Crippen LogP contribution in [0.1, 0.15) is 47.2 Å². The van der Waals surface area contributed by atoms with E-state index in [1.54, 1.807) is 0 Å². The van der Waals surface area contributed by atoms with Crippen LogP contribution in [0.15, 0.2) is 48.5 Å². The molecule has 2 fully saturated rings. The van der Waals surface area contributed by atoms with E-state index in [1.807, 2.05) is 12.1 Å². The summed E-state index contributed by atoms with van der Waals surface area (Å²) in [5, 5.41) is 4.42. The van der Waals surface area contributed by atoms with E-state index in [2.05, 4.69) is 65.3 Å². The van der Waals surface area contributed by atoms with Gasteiger partial charge in [0.1, 0.15) is 0 Å². The largest absolute Gasteiger partial charge is 0.306 e. The van der Waals surface area contributed by atoms with E-state index in [-0.39, 0.29) is 22.9 Å². The summed E-state index contributed by atoms with van der Waals surface area (Å²) in [5.74, 6) is 0.424. The van der Waals surface area contributed by atoms with Crippen molar-refractivity contribution < 1.29 is 4.79 Å². The minimum atomic E-state index is -0.219. The van der Waals surface area contributed by atoms with Gasteiger partial charge >= 0.3 is 0 Å². The van der Waals surface area contributed by atoms with Crippen molar-refractivity contribution in [1.29, 1.82) is 0 Å². The van der Waals surface area contributed by atoms with Crippen molar-refractivity contribution in [3.63, 3.8) is 0 Å². The van der Waals surface area contributed by atoms with Gasteiger partial charge in [-0.05, 0) is 56.2 Å². The van der Waals surface area contributed by atoms with Gasteiger partial charge in [0.15, 0.2) is 5.66 Å². The predicted molar refractivity (Wildman–Crippen MR) is 101 cm³/mol. The van der Waals surface area contributed by atoms with Crippen LogP contribution in [0.25, 0.3) is 0 Å². The third-order valence-electron chi connectivity index (χ3n) is 7.36. The van der Waals surface area contributed by atoms with E-state index >= 15 is 0 Å². The highest BCUT2D eigenvalue weighted by atomic mass is 16.2. The molecular weight excluding hydrogens is 322 g/mol. The molecule has 0 aliphatic carbocycles. The van der Waals surface area contributed by atoms with Gasteiger partial charge in [0.2, 0.25) is 0 Å². The van der Waals surface area contributed by atoms with E-state index in [1.165, 1.54) is 16.8 Å². The van der Waals surface area contributed by atoms with Gasteiger partial charge < -0.3 is 4.90 Å². The van der Waals surface area contributed by atoms with E-state index in [0.29, 0.717) is 0 Å². The molecule has 4 nitrogen and oxygen atoms in total. The first-order valence-corrected chi connectivity index (χ1v) is 9.61. The minimum absolute atomic E-state index is 0.0897. The van der Waals surface area contributed by atoms with Crippen molar-refractivity contribution >= 4 is 11.6 Å². The molecule has 2 aromatic rings. The number of benzene rings is 2. The van der Waals surface area contributed by atoms with Crippen molar-refractivity contribution in [3.8, 4) is 0 Å². The zero-order valence-corrected chi connectivity index (χ0v) is 15.3. The van der Waals surface area contributed by atoms with Crippen LogP contribution in [-0.4, -0.2) is 41.6 Å². The SMILES string of the molecule is CN1CCC(C)([C@@]23[C@H]4c5ccccc5C(=O)N2N3c2ccccc24)CC1. The first-order chi connectivity index (χ1) is 12.6. The van der Waals surface area contributed by atoms with Crippen molar-refractivity contribution in [3.05, 3.63) is 65.2 Å². The van der Waals surface area contributed by atoms with Gasteiger partial charge in [-0.3, -0.25) is 9.80 Å². The second kappa shape index (κ2) is 4.49. The number of anilines is 1. The maximum atomic E-state index is 13.4. The molecule has 4 heterocycles. The Morgan fingerprint density at radius 3 is 2.35 bits per heavy atom. The molecule has 0 aromatic heterocycles. The van der Waals surface area contributed by atoms with Gasteiger partial charge in [-0.1, -0.05) is 43.3 Å². The Labute approximate surface area is 154 Å². The zero-order valence-electron chi connectivity index (χ0n) is 15.3. The molecule has 4 aliphatic heterocycles. The van der Waals surface area contributed by atoms with E-state index in [4.69, 9.17) is 0 Å². The summed E-state index contributed by atoms with van der Waals surface area (Å²) < 4.78 is 0. The number of fused-ring (bicyclic) bond motifs is 6. The number of para-hydroxylation sites is 1. The first-order valence-electron chi connectivity index (χ1n) is 9.61. The molecule has 0 saturated carbocycles. The number of piperidine rings is 1. The molecule has 4 heteroatoms. The van der Waals surface area contributed by atoms with Gasteiger partial charge in [-0.15, -0.1) is 0 Å². The van der Waals surface area contributed by atoms with E-state index in [9.17, 15) is 4.79 Å². The molecule has 2 atom stereocenters. The van der Waals surface area contributed by atoms with Crippen molar-refractivity contribution in [2.75, 3.05) is 25.1 Å². The Bertz CT molecular complexity index is 946. The molecule has 0 spiro atoms. The highest BCUT2D eigenvalue weighted by Crippen LogP contribution is 2.73. The molecule has 0 unspecified atom stereocenters. The van der Waals surface area contributed by atoms with E-state index in [0.717, 1.165) is 31.5 Å². The Morgan fingerprint density at radius 1 is 0.923 bits per heavy atom. The summed E-state index contributed by atoms with van der Waals surface area (Å²) in [5.41, 5.74) is 4.56. The van der Waals surface area contributed by atoms with Crippen LogP contribution >= 0.6 is 0 Å². The summed E-state index contributed by atoms with van der Waals surface area (Å²) in [4.78, 5) is 15.8. The second-order valence-corrected chi connectivity index (χ2v) is 8.60. The van der Waals surface area contributed by atoms with Gasteiger partial charge in [-0.2, -0.15) is 0 Å². The zero-order chi connectivity index (χ0) is 17.7. The van der Waals surface area contributed by atoms with Crippen LogP contribution in [0.2, 0.25) is 0 Å². The van der Waals surface area contributed by atoms with Gasteiger partial charge in [-0.25, -0.2) is 5.01 Å². The number of hydrogen-bond donors (Lipinski definition) is 0. The Balaban J connectivity index is 1.61. The molecule has 0 N–H and O–H groups in total. The maximum absolute atomic E-state index is 13.4. The summed E-state index contributed by atoms with van der Waals surface area (Å²) in [6.45, 7) is 4.60. The monoisotopic (exact) mass is 345 g/mol. The number of nitrogens with zero attached hydrogens (tertiary/aromatic N) is 3. The van der Waals surface area contributed by atoms with Gasteiger partial charge in [0.05, 0.1) is 11.6 Å². The molecule has 1 amide bonds. The third kappa shape index (κ3) is 1.42. The summed E-state index contributed by atoms with van der Waals surface area (Å²) >= 11 is 0. The fraction of sp³-hybridized carbons (Fsp3) is 0.409. The summed E-state index contributed by atoms with van der Waals surface area (Å²) in [7, 11) is 2.20. The molecular formula is C22H23N3O. The van der Waals surface area contributed by atoms with Crippen LogP contribution < -0.4 is 5.01 Å². The van der Waals surface area contributed by atoms with Gasteiger partial charge in [0.25, 0.3) is 5.91 Å². The normalized spacial score (nSPS) is 30.7.